The van der Waals surface area contributed by atoms with Crippen molar-refractivity contribution in [3.63, 3.8) is 0 Å². The van der Waals surface area contributed by atoms with Gasteiger partial charge in [0.1, 0.15) is 0 Å². The van der Waals surface area contributed by atoms with Crippen LogP contribution in [0.1, 0.15) is 5.69 Å². The van der Waals surface area contributed by atoms with Crippen molar-refractivity contribution in [2.24, 2.45) is 0 Å². The summed E-state index contributed by atoms with van der Waals surface area (Å²) in [5.74, 6) is 0. The van der Waals surface area contributed by atoms with E-state index in [0.717, 1.165) is 5.69 Å². The minimum absolute atomic E-state index is 0.0849. The van der Waals surface area contributed by atoms with Crippen molar-refractivity contribution in [1.82, 2.24) is 9.55 Å². The van der Waals surface area contributed by atoms with Gasteiger partial charge in [0.15, 0.2) is 4.77 Å². The fourth-order valence-electron chi connectivity index (χ4n) is 1.03. The van der Waals surface area contributed by atoms with Crippen molar-refractivity contribution in [1.29, 1.82) is 0 Å². The Morgan fingerprint density at radius 2 is 2.38 bits per heavy atom. The zero-order valence-corrected chi connectivity index (χ0v) is 8.48. The molecule has 1 aromatic rings. The summed E-state index contributed by atoms with van der Waals surface area (Å²) in [6.45, 7) is 2.78. The van der Waals surface area contributed by atoms with E-state index in [9.17, 15) is 4.79 Å². The topological polar surface area (TPSA) is 47.0 Å². The van der Waals surface area contributed by atoms with E-state index in [1.165, 1.54) is 10.6 Å². The van der Waals surface area contributed by atoms with Gasteiger partial charge < -0.3 is 9.72 Å². The summed E-state index contributed by atoms with van der Waals surface area (Å²) in [6, 6.07) is 1.52. The van der Waals surface area contributed by atoms with Crippen molar-refractivity contribution in [3.8, 4) is 0 Å². The van der Waals surface area contributed by atoms with Gasteiger partial charge in [-0.15, -0.1) is 0 Å². The summed E-state index contributed by atoms with van der Waals surface area (Å²) in [7, 11) is 1.59. The average molecular weight is 200 g/mol. The summed E-state index contributed by atoms with van der Waals surface area (Å²) in [5.41, 5.74) is 0.696. The lowest BCUT2D eigenvalue weighted by Crippen LogP contribution is -2.23. The standard InChI is InChI=1S/C8H12N2O2S/c1-6-5-7(11)10(3-4-12-2)8(13)9-6/h5H,3-4H2,1-2H3,(H,9,13). The van der Waals surface area contributed by atoms with Gasteiger partial charge in [-0.2, -0.15) is 0 Å². The molecule has 0 unspecified atom stereocenters. The third kappa shape index (κ3) is 2.50. The first-order chi connectivity index (χ1) is 6.15. The molecular weight excluding hydrogens is 188 g/mol. The number of aromatic amines is 1. The Balaban J connectivity index is 3.07. The Kier molecular flexibility index (Phi) is 3.39. The van der Waals surface area contributed by atoms with Crippen LogP contribution in [0.5, 0.6) is 0 Å². The molecule has 0 atom stereocenters. The van der Waals surface area contributed by atoms with Gasteiger partial charge in [-0.3, -0.25) is 9.36 Å². The van der Waals surface area contributed by atoms with Crippen LogP contribution in [0.4, 0.5) is 0 Å². The maximum absolute atomic E-state index is 11.4. The largest absolute Gasteiger partial charge is 0.383 e. The van der Waals surface area contributed by atoms with Crippen LogP contribution >= 0.6 is 12.2 Å². The molecule has 0 spiro atoms. The minimum atomic E-state index is -0.0849. The molecule has 72 valence electrons. The third-order valence-corrected chi connectivity index (χ3v) is 2.00. The monoisotopic (exact) mass is 200 g/mol. The van der Waals surface area contributed by atoms with Crippen molar-refractivity contribution < 1.29 is 4.74 Å². The Labute approximate surface area is 81.2 Å². The molecule has 0 aromatic carbocycles. The number of hydrogen-bond donors (Lipinski definition) is 1. The zero-order valence-electron chi connectivity index (χ0n) is 7.66. The molecule has 13 heavy (non-hydrogen) atoms. The molecule has 0 aliphatic rings. The SMILES string of the molecule is COCCn1c(=O)cc(C)[nH]c1=S. The molecule has 0 saturated heterocycles. The second kappa shape index (κ2) is 4.34. The van der Waals surface area contributed by atoms with E-state index in [2.05, 4.69) is 4.98 Å². The second-order valence-electron chi connectivity index (χ2n) is 2.74. The van der Waals surface area contributed by atoms with Crippen LogP contribution in [0.25, 0.3) is 0 Å². The minimum Gasteiger partial charge on any atom is -0.383 e. The first-order valence-electron chi connectivity index (χ1n) is 3.95. The van der Waals surface area contributed by atoms with Gasteiger partial charge in [0.2, 0.25) is 0 Å². The summed E-state index contributed by atoms with van der Waals surface area (Å²) >= 11 is 4.99. The quantitative estimate of drug-likeness (QED) is 0.736. The van der Waals surface area contributed by atoms with Crippen LogP contribution in [-0.2, 0) is 11.3 Å². The molecule has 4 nitrogen and oxygen atoms in total. The second-order valence-corrected chi connectivity index (χ2v) is 3.13. The van der Waals surface area contributed by atoms with Gasteiger partial charge in [-0.05, 0) is 19.1 Å². The van der Waals surface area contributed by atoms with Gasteiger partial charge in [0, 0.05) is 18.9 Å². The molecule has 0 saturated carbocycles. The van der Waals surface area contributed by atoms with Crippen LogP contribution in [0.2, 0.25) is 0 Å². The Morgan fingerprint density at radius 3 is 2.92 bits per heavy atom. The van der Waals surface area contributed by atoms with E-state index in [4.69, 9.17) is 17.0 Å². The molecule has 0 radical (unpaired) electrons. The number of nitrogens with one attached hydrogen (secondary N) is 1. The van der Waals surface area contributed by atoms with E-state index in [1.54, 1.807) is 14.0 Å². The molecule has 1 heterocycles. The number of rotatable bonds is 3. The molecule has 0 fully saturated rings. The lowest BCUT2D eigenvalue weighted by Gasteiger charge is -2.04. The summed E-state index contributed by atoms with van der Waals surface area (Å²) in [4.78, 5) is 14.3. The smallest absolute Gasteiger partial charge is 0.254 e. The van der Waals surface area contributed by atoms with Crippen LogP contribution in [0.15, 0.2) is 10.9 Å². The van der Waals surface area contributed by atoms with Crippen molar-refractivity contribution >= 4 is 12.2 Å². The van der Waals surface area contributed by atoms with Crippen molar-refractivity contribution in [2.45, 2.75) is 13.5 Å². The fourth-order valence-corrected chi connectivity index (χ4v) is 1.37. The van der Waals surface area contributed by atoms with Gasteiger partial charge in [-0.25, -0.2) is 0 Å². The predicted octanol–water partition coefficient (Wildman–Crippen LogP) is 0.861. The fraction of sp³-hybridized carbons (Fsp3) is 0.500. The highest BCUT2D eigenvalue weighted by molar-refractivity contribution is 7.71. The number of aromatic nitrogens is 2. The Morgan fingerprint density at radius 1 is 1.69 bits per heavy atom. The highest BCUT2D eigenvalue weighted by atomic mass is 32.1. The van der Waals surface area contributed by atoms with Gasteiger partial charge in [0.05, 0.1) is 13.2 Å². The number of methoxy groups -OCH3 is 1. The Hall–Kier alpha value is -0.940. The summed E-state index contributed by atoms with van der Waals surface area (Å²) < 4.78 is 6.79. The van der Waals surface area contributed by atoms with E-state index >= 15 is 0 Å². The highest BCUT2D eigenvalue weighted by Gasteiger charge is 1.98. The van der Waals surface area contributed by atoms with Crippen molar-refractivity contribution in [3.05, 3.63) is 26.9 Å². The zero-order chi connectivity index (χ0) is 9.84. The van der Waals surface area contributed by atoms with E-state index in [0.29, 0.717) is 17.9 Å². The number of nitrogens with zero attached hydrogens (tertiary/aromatic N) is 1. The van der Waals surface area contributed by atoms with Crippen molar-refractivity contribution in [2.75, 3.05) is 13.7 Å². The van der Waals surface area contributed by atoms with Gasteiger partial charge in [-0.1, -0.05) is 0 Å². The lowest BCUT2D eigenvalue weighted by atomic mass is 10.4. The van der Waals surface area contributed by atoms with Crippen LogP contribution in [0.3, 0.4) is 0 Å². The number of hydrogen-bond acceptors (Lipinski definition) is 3. The lowest BCUT2D eigenvalue weighted by molar-refractivity contribution is 0.185. The Bertz CT molecular complexity index is 363. The van der Waals surface area contributed by atoms with E-state index in [1.807, 2.05) is 0 Å². The van der Waals surface area contributed by atoms with Crippen LogP contribution < -0.4 is 5.56 Å². The number of H-pyrrole nitrogens is 1. The molecule has 1 N–H and O–H groups in total. The van der Waals surface area contributed by atoms with Crippen LogP contribution in [0, 0.1) is 11.7 Å². The summed E-state index contributed by atoms with van der Waals surface area (Å²) in [5, 5.41) is 0. The van der Waals surface area contributed by atoms with Gasteiger partial charge >= 0.3 is 0 Å². The van der Waals surface area contributed by atoms with Crippen LogP contribution in [-0.4, -0.2) is 23.3 Å². The maximum atomic E-state index is 11.4. The highest BCUT2D eigenvalue weighted by Crippen LogP contribution is 1.89. The summed E-state index contributed by atoms with van der Waals surface area (Å²) in [6.07, 6.45) is 0. The molecule has 1 aromatic heterocycles. The molecule has 0 aliphatic heterocycles. The van der Waals surface area contributed by atoms with E-state index in [-0.39, 0.29) is 5.56 Å². The third-order valence-electron chi connectivity index (χ3n) is 1.67. The number of aryl methyl sites for hydroxylation is 1. The first-order valence-corrected chi connectivity index (χ1v) is 4.35. The molecule has 0 aliphatic carbocycles. The van der Waals surface area contributed by atoms with Gasteiger partial charge in [0.25, 0.3) is 5.56 Å². The molecular formula is C8H12N2O2S. The maximum Gasteiger partial charge on any atom is 0.254 e. The number of ether oxygens (including phenoxy) is 1. The molecule has 1 rings (SSSR count). The molecule has 0 amide bonds. The normalized spacial score (nSPS) is 10.3. The average Bonchev–Trinajstić information content (AvgIpc) is 2.02. The first kappa shape index (κ1) is 10.1. The van der Waals surface area contributed by atoms with E-state index < -0.39 is 0 Å². The molecule has 5 heteroatoms. The predicted molar refractivity (Wildman–Crippen MR) is 52.5 cm³/mol. The molecule has 0 bridgehead atoms.